The number of carbonyl (C=O) groups is 2. The fraction of sp³-hybridized carbons (Fsp3) is 0.143. The fourth-order valence-electron chi connectivity index (χ4n) is 2.86. The molecule has 2 amide bonds. The van der Waals surface area contributed by atoms with Gasteiger partial charge in [-0.3, -0.25) is 9.59 Å². The van der Waals surface area contributed by atoms with Gasteiger partial charge in [-0.2, -0.15) is 11.3 Å². The number of alkyl halides is 3. The number of aromatic hydroxyl groups is 1. The molecule has 3 aromatic rings. The summed E-state index contributed by atoms with van der Waals surface area (Å²) in [7, 11) is 0. The van der Waals surface area contributed by atoms with Crippen molar-refractivity contribution in [1.82, 2.24) is 5.32 Å². The van der Waals surface area contributed by atoms with Crippen LogP contribution in [0.5, 0.6) is 11.5 Å². The molecule has 2 aromatic carbocycles. The zero-order valence-electron chi connectivity index (χ0n) is 16.8. The van der Waals surface area contributed by atoms with Gasteiger partial charge >= 0.3 is 6.36 Å². The maximum Gasteiger partial charge on any atom is 0.573 e. The molecule has 0 spiro atoms. The summed E-state index contributed by atoms with van der Waals surface area (Å²) in [5, 5.41) is 17.4. The smallest absolute Gasteiger partial charge is 0.505 e. The number of rotatable bonds is 7. The summed E-state index contributed by atoms with van der Waals surface area (Å²) in [6, 6.07) is 6.11. The van der Waals surface area contributed by atoms with Crippen LogP contribution in [0.25, 0.3) is 0 Å². The molecule has 34 heavy (non-hydrogen) atoms. The zero-order chi connectivity index (χ0) is 25.0. The monoisotopic (exact) mass is 552 g/mol. The molecule has 0 unspecified atom stereocenters. The van der Waals surface area contributed by atoms with Crippen LogP contribution in [-0.2, 0) is 6.42 Å². The van der Waals surface area contributed by atoms with Gasteiger partial charge in [0, 0.05) is 28.1 Å². The summed E-state index contributed by atoms with van der Waals surface area (Å²) in [6.07, 6.45) is -5.16. The van der Waals surface area contributed by atoms with Crippen LogP contribution >= 0.6 is 46.1 Å². The van der Waals surface area contributed by atoms with Crippen LogP contribution in [0, 0.1) is 0 Å². The van der Waals surface area contributed by atoms with Crippen molar-refractivity contribution in [3.63, 3.8) is 0 Å². The molecule has 0 fully saturated rings. The molecule has 0 aliphatic heterocycles. The molecule has 3 rings (SSSR count). The predicted molar refractivity (Wildman–Crippen MR) is 125 cm³/mol. The van der Waals surface area contributed by atoms with Gasteiger partial charge in [-0.05, 0) is 47.7 Å². The van der Waals surface area contributed by atoms with E-state index in [2.05, 4.69) is 15.4 Å². The first-order chi connectivity index (χ1) is 15.9. The molecular formula is C21H14Cl3F3N2O4S. The van der Waals surface area contributed by atoms with Gasteiger partial charge in [0.1, 0.15) is 0 Å². The third-order valence-corrected chi connectivity index (χ3v) is 5.82. The summed E-state index contributed by atoms with van der Waals surface area (Å²) < 4.78 is 43.6. The van der Waals surface area contributed by atoms with Crippen molar-refractivity contribution >= 4 is 63.6 Å². The van der Waals surface area contributed by atoms with Crippen molar-refractivity contribution in [2.24, 2.45) is 0 Å². The number of ether oxygens (including phenoxy) is 1. The first-order valence-electron chi connectivity index (χ1n) is 9.32. The predicted octanol–water partition coefficient (Wildman–Crippen LogP) is 6.54. The zero-order valence-corrected chi connectivity index (χ0v) is 19.9. The highest BCUT2D eigenvalue weighted by Gasteiger charge is 2.34. The highest BCUT2D eigenvalue weighted by Crippen LogP contribution is 2.38. The number of halogens is 6. The van der Waals surface area contributed by atoms with Gasteiger partial charge in [0.2, 0.25) is 0 Å². The molecular weight excluding hydrogens is 540 g/mol. The lowest BCUT2D eigenvalue weighted by Gasteiger charge is -2.19. The third-order valence-electron chi connectivity index (χ3n) is 4.34. The van der Waals surface area contributed by atoms with Crippen molar-refractivity contribution in [2.75, 3.05) is 11.9 Å². The van der Waals surface area contributed by atoms with E-state index < -0.39 is 29.7 Å². The number of hydrogen-bond donors (Lipinski definition) is 3. The number of amides is 2. The second-order valence-corrected chi connectivity index (χ2v) is 8.78. The highest BCUT2D eigenvalue weighted by atomic mass is 35.5. The maximum absolute atomic E-state index is 13.1. The molecule has 0 atom stereocenters. The second-order valence-electron chi connectivity index (χ2n) is 6.75. The van der Waals surface area contributed by atoms with Gasteiger partial charge in [0.25, 0.3) is 11.8 Å². The van der Waals surface area contributed by atoms with Gasteiger partial charge in [-0.15, -0.1) is 13.2 Å². The van der Waals surface area contributed by atoms with Crippen LogP contribution in [0.2, 0.25) is 15.1 Å². The minimum Gasteiger partial charge on any atom is -0.505 e. The molecule has 1 heterocycles. The van der Waals surface area contributed by atoms with Crippen molar-refractivity contribution < 1.29 is 32.6 Å². The van der Waals surface area contributed by atoms with E-state index >= 15 is 0 Å². The van der Waals surface area contributed by atoms with E-state index in [0.717, 1.165) is 18.2 Å². The van der Waals surface area contributed by atoms with E-state index in [1.54, 1.807) is 16.8 Å². The van der Waals surface area contributed by atoms with Crippen LogP contribution in [0.4, 0.5) is 18.9 Å². The Morgan fingerprint density at radius 3 is 2.29 bits per heavy atom. The van der Waals surface area contributed by atoms with Gasteiger partial charge in [-0.1, -0.05) is 34.8 Å². The summed E-state index contributed by atoms with van der Waals surface area (Å²) in [6.45, 7) is -0.0280. The molecule has 0 radical (unpaired) electrons. The number of benzene rings is 2. The number of hydrogen-bond acceptors (Lipinski definition) is 5. The lowest BCUT2D eigenvalue weighted by atomic mass is 10.1. The number of thiophene rings is 1. The molecule has 3 N–H and O–H groups in total. The minimum atomic E-state index is -5.08. The molecule has 0 aliphatic carbocycles. The van der Waals surface area contributed by atoms with Crippen LogP contribution in [-0.4, -0.2) is 29.8 Å². The Kier molecular flexibility index (Phi) is 8.19. The molecule has 0 aliphatic rings. The average molecular weight is 554 g/mol. The van der Waals surface area contributed by atoms with Crippen molar-refractivity contribution in [3.05, 3.63) is 72.9 Å². The number of anilines is 1. The molecule has 0 bridgehead atoms. The molecule has 6 nitrogen and oxygen atoms in total. The SMILES string of the molecule is O=C(NCCc1cc(Cl)cc(NC(=O)c2cc(Cl)c(O)c(Cl)c2)c1OC(F)(F)F)c1ccsc1. The first kappa shape index (κ1) is 26.0. The van der Waals surface area contributed by atoms with E-state index in [-0.39, 0.29) is 44.8 Å². The Hall–Kier alpha value is -2.66. The molecule has 180 valence electrons. The van der Waals surface area contributed by atoms with Gasteiger partial charge < -0.3 is 20.5 Å². The van der Waals surface area contributed by atoms with Gasteiger partial charge in [0.05, 0.1) is 15.7 Å². The van der Waals surface area contributed by atoms with Crippen LogP contribution < -0.4 is 15.4 Å². The summed E-state index contributed by atoms with van der Waals surface area (Å²) >= 11 is 19.0. The topological polar surface area (TPSA) is 87.7 Å². The molecule has 0 saturated carbocycles. The fourth-order valence-corrected chi connectivity index (χ4v) is 4.23. The lowest BCUT2D eigenvalue weighted by molar-refractivity contribution is -0.274. The van der Waals surface area contributed by atoms with E-state index in [9.17, 15) is 27.9 Å². The third kappa shape index (κ3) is 6.69. The molecule has 13 heteroatoms. The number of phenolic OH excluding ortho intramolecular Hbond substituents is 1. The second kappa shape index (κ2) is 10.7. The Morgan fingerprint density at radius 1 is 1.03 bits per heavy atom. The highest BCUT2D eigenvalue weighted by molar-refractivity contribution is 7.08. The largest absolute Gasteiger partial charge is 0.573 e. The first-order valence-corrected chi connectivity index (χ1v) is 11.4. The van der Waals surface area contributed by atoms with Gasteiger partial charge in [-0.25, -0.2) is 0 Å². The molecule has 0 saturated heterocycles. The van der Waals surface area contributed by atoms with Crippen LogP contribution in [0.3, 0.4) is 0 Å². The van der Waals surface area contributed by atoms with E-state index in [4.69, 9.17) is 34.8 Å². The Morgan fingerprint density at radius 2 is 1.71 bits per heavy atom. The van der Waals surface area contributed by atoms with Crippen molar-refractivity contribution in [2.45, 2.75) is 12.8 Å². The number of carbonyl (C=O) groups excluding carboxylic acids is 2. The van der Waals surface area contributed by atoms with Crippen molar-refractivity contribution in [3.8, 4) is 11.5 Å². The van der Waals surface area contributed by atoms with E-state index in [1.807, 2.05) is 0 Å². The summed E-state index contributed by atoms with van der Waals surface area (Å²) in [5.74, 6) is -2.41. The maximum atomic E-state index is 13.1. The lowest BCUT2D eigenvalue weighted by Crippen LogP contribution is -2.26. The standard InChI is InChI=1S/C21H14Cl3F3N2O4S/c22-13-5-10(1-3-28-19(31)11-2-4-34-9-11)18(33-21(25,26)27)16(8-13)29-20(32)12-6-14(23)17(30)15(24)7-12/h2,4-9,30H,1,3H2,(H,28,31)(H,29,32). The van der Waals surface area contributed by atoms with Crippen LogP contribution in [0.15, 0.2) is 41.1 Å². The summed E-state index contributed by atoms with van der Waals surface area (Å²) in [4.78, 5) is 24.7. The molecule has 1 aromatic heterocycles. The van der Waals surface area contributed by atoms with Crippen molar-refractivity contribution in [1.29, 1.82) is 0 Å². The Bertz CT molecular complexity index is 1200. The summed E-state index contributed by atoms with van der Waals surface area (Å²) in [5.41, 5.74) is -0.0841. The van der Waals surface area contributed by atoms with E-state index in [1.165, 1.54) is 17.4 Å². The quantitative estimate of drug-likeness (QED) is 0.310. The minimum absolute atomic E-state index is 0.00693. The Balaban J connectivity index is 1.87. The number of phenols is 1. The normalized spacial score (nSPS) is 11.2. The van der Waals surface area contributed by atoms with Crippen LogP contribution in [0.1, 0.15) is 26.3 Å². The number of nitrogens with one attached hydrogen (secondary N) is 2. The van der Waals surface area contributed by atoms with Gasteiger partial charge in [0.15, 0.2) is 11.5 Å². The average Bonchev–Trinajstić information content (AvgIpc) is 3.28. The van der Waals surface area contributed by atoms with E-state index in [0.29, 0.717) is 5.56 Å². The Labute approximate surface area is 210 Å².